The van der Waals surface area contributed by atoms with E-state index in [0.29, 0.717) is 16.9 Å². The first-order valence-corrected chi connectivity index (χ1v) is 23.3. The molecule has 58 heavy (non-hydrogen) atoms. The highest BCUT2D eigenvalue weighted by Gasteiger charge is 2.25. The summed E-state index contributed by atoms with van der Waals surface area (Å²) in [5, 5.41) is 1.54. The molecule has 0 N–H and O–H groups in total. The molecular weight excluding hydrogens is 758 g/mol. The Labute approximate surface area is 353 Å². The number of rotatable bonds is 6. The number of nitrogens with zero attached hydrogens (tertiary/aromatic N) is 2. The number of hydrogen-bond donors (Lipinski definition) is 0. The summed E-state index contributed by atoms with van der Waals surface area (Å²) in [5.41, 5.74) is 29.2. The van der Waals surface area contributed by atoms with Crippen molar-refractivity contribution in [1.82, 2.24) is 8.18 Å². The summed E-state index contributed by atoms with van der Waals surface area (Å²) in [6.45, 7) is 34.5. The smallest absolute Gasteiger partial charge is 0.0696 e. The third-order valence-corrected chi connectivity index (χ3v) is 16.9. The van der Waals surface area contributed by atoms with Crippen LogP contribution in [0.15, 0.2) is 84.9 Å². The lowest BCUT2D eigenvalue weighted by Gasteiger charge is -2.28. The van der Waals surface area contributed by atoms with Gasteiger partial charge in [-0.1, -0.05) is 128 Å². The molecule has 0 aliphatic rings. The number of aryl methyl sites for hydroxylation is 12. The predicted octanol–water partition coefficient (Wildman–Crippen LogP) is 16.7. The zero-order chi connectivity index (χ0) is 42.0. The lowest BCUT2D eigenvalue weighted by molar-refractivity contribution is 0.614. The Morgan fingerprint density at radius 2 is 0.690 bits per heavy atom. The second-order valence-corrected chi connectivity index (χ2v) is 22.6. The lowest BCUT2D eigenvalue weighted by atomic mass is 9.87. The Hall–Kier alpha value is -4.31. The Morgan fingerprint density at radius 1 is 0.414 bits per heavy atom. The number of hydrogen-bond acceptors (Lipinski definition) is 0. The van der Waals surface area contributed by atoms with Gasteiger partial charge in [0.15, 0.2) is 0 Å². The lowest BCUT2D eigenvalue weighted by Crippen LogP contribution is -2.10. The SMILES string of the molecule is Cc1cc(C)c(-c2cccc(-c3c(C)cc(C)cc3C)c2-n2pc(C(C)(C)C)[pH]n(-c3c(-c4c(C)cc(C)cc4C)cccc3-c3c(C)cc(C)cc3C)[pH]2)c(C)c1. The maximum absolute atomic E-state index is 2.78. The van der Waals surface area contributed by atoms with E-state index in [9.17, 15) is 0 Å². The highest BCUT2D eigenvalue weighted by Crippen LogP contribution is 2.50. The van der Waals surface area contributed by atoms with E-state index >= 15 is 0 Å². The topological polar surface area (TPSA) is 9.86 Å². The van der Waals surface area contributed by atoms with Gasteiger partial charge in [0.2, 0.25) is 0 Å². The van der Waals surface area contributed by atoms with E-state index in [0.717, 1.165) is 0 Å². The molecule has 0 saturated carbocycles. The van der Waals surface area contributed by atoms with E-state index in [1.54, 1.807) is 0 Å². The van der Waals surface area contributed by atoms with Crippen LogP contribution in [0.3, 0.4) is 0 Å². The minimum Gasteiger partial charge on any atom is -0.281 e. The zero-order valence-corrected chi connectivity index (χ0v) is 40.3. The van der Waals surface area contributed by atoms with Crippen LogP contribution < -0.4 is 0 Å². The van der Waals surface area contributed by atoms with Gasteiger partial charge >= 0.3 is 0 Å². The summed E-state index contributed by atoms with van der Waals surface area (Å²) in [5.74, 6) is 0. The van der Waals surface area contributed by atoms with Gasteiger partial charge in [-0.3, -0.25) is 8.18 Å². The normalized spacial score (nSPS) is 12.1. The van der Waals surface area contributed by atoms with Gasteiger partial charge in [0, 0.05) is 44.1 Å². The zero-order valence-electron chi connectivity index (χ0n) is 37.4. The predicted molar refractivity (Wildman–Crippen MR) is 262 cm³/mol. The maximum atomic E-state index is 2.78. The first-order valence-electron chi connectivity index (χ1n) is 20.6. The quantitative estimate of drug-likeness (QED) is 0.158. The maximum Gasteiger partial charge on any atom is 0.0696 e. The van der Waals surface area contributed by atoms with Crippen LogP contribution in [0.4, 0.5) is 0 Å². The molecule has 0 saturated heterocycles. The van der Waals surface area contributed by atoms with Crippen molar-refractivity contribution >= 4 is 25.2 Å². The van der Waals surface area contributed by atoms with Crippen molar-refractivity contribution in [2.24, 2.45) is 0 Å². The molecule has 0 aliphatic carbocycles. The molecule has 1 heterocycles. The van der Waals surface area contributed by atoms with Gasteiger partial charge in [0.25, 0.3) is 0 Å². The Morgan fingerprint density at radius 3 is 0.966 bits per heavy atom. The van der Waals surface area contributed by atoms with Crippen LogP contribution in [0.5, 0.6) is 0 Å². The monoisotopic (exact) mass is 818 g/mol. The number of aromatic nitrogens is 2. The Bertz CT molecular complexity index is 2360. The van der Waals surface area contributed by atoms with Crippen LogP contribution >= 0.6 is 25.2 Å². The van der Waals surface area contributed by atoms with Gasteiger partial charge in [-0.05, 0) is 164 Å². The summed E-state index contributed by atoms with van der Waals surface area (Å²) in [6, 6.07) is 33.0. The molecule has 1 aromatic heterocycles. The highest BCUT2D eigenvalue weighted by molar-refractivity contribution is 7.52. The summed E-state index contributed by atoms with van der Waals surface area (Å²) < 4.78 is 5.52. The summed E-state index contributed by atoms with van der Waals surface area (Å²) in [4.78, 5) is 0. The molecular formula is C53H61N2P3. The third-order valence-electron chi connectivity index (χ3n) is 11.6. The van der Waals surface area contributed by atoms with Crippen LogP contribution in [0.2, 0.25) is 0 Å². The van der Waals surface area contributed by atoms with Crippen molar-refractivity contribution in [1.29, 1.82) is 0 Å². The van der Waals surface area contributed by atoms with E-state index < -0.39 is 0 Å². The van der Waals surface area contributed by atoms with Crippen LogP contribution in [0.25, 0.3) is 55.9 Å². The van der Waals surface area contributed by atoms with Crippen LogP contribution in [0.1, 0.15) is 92.6 Å². The standard InChI is InChI=1S/C53H61N2P3/c1-30-22-34(5)46(35(6)23-30)42-18-16-19-43(47-36(7)24-31(2)25-37(47)8)50(42)54-56-52(53(13,14)15)57-55(58-54)51-44(48-38(9)26-32(3)27-39(48)10)20-17-21-45(51)49-40(11)28-33(4)29-41(49)12/h16-29,56,58H,1-15H3. The fourth-order valence-corrected chi connectivity index (χ4v) is 15.5. The largest absolute Gasteiger partial charge is 0.281 e. The van der Waals surface area contributed by atoms with Gasteiger partial charge < -0.3 is 0 Å². The van der Waals surface area contributed by atoms with Crippen LogP contribution in [0, 0.1) is 83.1 Å². The molecule has 2 nitrogen and oxygen atoms in total. The fourth-order valence-electron chi connectivity index (χ4n) is 9.68. The summed E-state index contributed by atoms with van der Waals surface area (Å²) >= 11 is 0. The molecule has 6 aromatic carbocycles. The molecule has 2 atom stereocenters. The van der Waals surface area contributed by atoms with Crippen molar-refractivity contribution in [2.75, 3.05) is 0 Å². The van der Waals surface area contributed by atoms with Gasteiger partial charge in [-0.25, -0.2) is 0 Å². The molecule has 0 fully saturated rings. The average molecular weight is 819 g/mol. The molecule has 0 radical (unpaired) electrons. The Balaban J connectivity index is 1.68. The fraction of sp³-hybridized carbons (Fsp3) is 0.302. The number of para-hydroxylation sites is 2. The van der Waals surface area contributed by atoms with Crippen molar-refractivity contribution in [3.05, 3.63) is 157 Å². The van der Waals surface area contributed by atoms with Gasteiger partial charge in [-0.2, -0.15) is 0 Å². The van der Waals surface area contributed by atoms with E-state index in [2.05, 4.69) is 197 Å². The summed E-state index contributed by atoms with van der Waals surface area (Å²) in [6.07, 6.45) is 0. The molecule has 5 heteroatoms. The minimum atomic E-state index is -0.0115. The molecule has 0 bridgehead atoms. The molecule has 7 aromatic rings. The minimum absolute atomic E-state index is 0.0115. The average Bonchev–Trinajstić information content (AvgIpc) is 3.09. The Kier molecular flexibility index (Phi) is 11.6. The van der Waals surface area contributed by atoms with Crippen molar-refractivity contribution in [3.8, 4) is 55.9 Å². The number of benzene rings is 6. The first-order chi connectivity index (χ1) is 27.3. The molecule has 0 spiro atoms. The molecule has 0 amide bonds. The van der Waals surface area contributed by atoms with Gasteiger partial charge in [0.1, 0.15) is 0 Å². The van der Waals surface area contributed by atoms with E-state index in [-0.39, 0.29) is 5.41 Å². The van der Waals surface area contributed by atoms with E-state index in [4.69, 9.17) is 0 Å². The van der Waals surface area contributed by atoms with Gasteiger partial charge in [-0.15, -0.1) is 0 Å². The van der Waals surface area contributed by atoms with Gasteiger partial charge in [0.05, 0.1) is 11.4 Å². The molecule has 2 unspecified atom stereocenters. The van der Waals surface area contributed by atoms with Crippen LogP contribution in [-0.2, 0) is 5.41 Å². The molecule has 298 valence electrons. The van der Waals surface area contributed by atoms with Crippen molar-refractivity contribution in [3.63, 3.8) is 0 Å². The second-order valence-electron chi connectivity index (χ2n) is 18.1. The highest BCUT2D eigenvalue weighted by atomic mass is 31.1. The summed E-state index contributed by atoms with van der Waals surface area (Å²) in [7, 11) is 2.18. The molecule has 0 aliphatic heterocycles. The second kappa shape index (κ2) is 16.0. The van der Waals surface area contributed by atoms with E-state index in [1.807, 2.05) is 0 Å². The van der Waals surface area contributed by atoms with Crippen LogP contribution in [-0.4, -0.2) is 8.18 Å². The van der Waals surface area contributed by atoms with Crippen molar-refractivity contribution < 1.29 is 0 Å². The third kappa shape index (κ3) is 7.90. The molecule has 7 rings (SSSR count). The van der Waals surface area contributed by atoms with E-state index in [1.165, 1.54) is 136 Å². The van der Waals surface area contributed by atoms with Crippen molar-refractivity contribution in [2.45, 2.75) is 109 Å². The first kappa shape index (κ1) is 41.8.